The Kier molecular flexibility index (Phi) is 1.99. The number of carboxylic acid groups (broad SMARTS) is 1. The molecule has 0 atom stereocenters. The molecular weight excluding hydrogens is 186 g/mol. The average molecular weight is 195 g/mol. The third-order valence-electron chi connectivity index (χ3n) is 2.11. The molecule has 1 aromatic heterocycles. The normalized spacial score (nSPS) is 15.1. The third kappa shape index (κ3) is 1.76. The van der Waals surface area contributed by atoms with Crippen molar-refractivity contribution in [2.24, 2.45) is 0 Å². The molecule has 5 nitrogen and oxygen atoms in total. The summed E-state index contributed by atoms with van der Waals surface area (Å²) < 4.78 is 4.27. The first-order valence-corrected chi connectivity index (χ1v) is 4.31. The SMILES string of the molecule is O=C(O)Oc1ccc(C2CC2)[nH]c1=O. The number of pyridine rings is 1. The summed E-state index contributed by atoms with van der Waals surface area (Å²) >= 11 is 0. The molecule has 74 valence electrons. The zero-order chi connectivity index (χ0) is 10.1. The summed E-state index contributed by atoms with van der Waals surface area (Å²) in [6.07, 6.45) is 0.680. The Balaban J connectivity index is 2.26. The molecule has 1 aliphatic rings. The Morgan fingerprint density at radius 1 is 1.50 bits per heavy atom. The summed E-state index contributed by atoms with van der Waals surface area (Å²) in [7, 11) is 0. The number of aromatic nitrogens is 1. The molecule has 0 radical (unpaired) electrons. The van der Waals surface area contributed by atoms with Crippen LogP contribution in [-0.2, 0) is 0 Å². The van der Waals surface area contributed by atoms with Gasteiger partial charge in [-0.1, -0.05) is 0 Å². The van der Waals surface area contributed by atoms with Crippen molar-refractivity contribution >= 4 is 6.16 Å². The molecule has 0 spiro atoms. The van der Waals surface area contributed by atoms with Gasteiger partial charge in [0.1, 0.15) is 0 Å². The Hall–Kier alpha value is -1.78. The Morgan fingerprint density at radius 3 is 2.71 bits per heavy atom. The Bertz CT molecular complexity index is 419. The van der Waals surface area contributed by atoms with E-state index in [9.17, 15) is 9.59 Å². The van der Waals surface area contributed by atoms with Crippen LogP contribution < -0.4 is 10.3 Å². The van der Waals surface area contributed by atoms with Crippen LogP contribution in [0.25, 0.3) is 0 Å². The van der Waals surface area contributed by atoms with Gasteiger partial charge in [0, 0.05) is 5.69 Å². The number of nitrogens with one attached hydrogen (secondary N) is 1. The van der Waals surface area contributed by atoms with E-state index in [1.807, 2.05) is 0 Å². The highest BCUT2D eigenvalue weighted by Gasteiger charge is 2.24. The quantitative estimate of drug-likeness (QED) is 0.697. The summed E-state index contributed by atoms with van der Waals surface area (Å²) in [5.41, 5.74) is 0.365. The summed E-state index contributed by atoms with van der Waals surface area (Å²) in [4.78, 5) is 24.0. The maximum absolute atomic E-state index is 11.3. The number of aromatic amines is 1. The fourth-order valence-corrected chi connectivity index (χ4v) is 1.28. The molecule has 2 rings (SSSR count). The largest absolute Gasteiger partial charge is 0.511 e. The van der Waals surface area contributed by atoms with Crippen LogP contribution in [0.5, 0.6) is 5.75 Å². The van der Waals surface area contributed by atoms with Gasteiger partial charge in [-0.15, -0.1) is 0 Å². The smallest absolute Gasteiger partial charge is 0.449 e. The Morgan fingerprint density at radius 2 is 2.21 bits per heavy atom. The van der Waals surface area contributed by atoms with Crippen LogP contribution in [0, 0.1) is 0 Å². The van der Waals surface area contributed by atoms with E-state index in [0.717, 1.165) is 18.5 Å². The molecule has 1 aliphatic carbocycles. The maximum Gasteiger partial charge on any atom is 0.511 e. The summed E-state index contributed by atoms with van der Waals surface area (Å²) in [6.45, 7) is 0. The highest BCUT2D eigenvalue weighted by atomic mass is 16.7. The molecule has 2 N–H and O–H groups in total. The number of hydrogen-bond donors (Lipinski definition) is 2. The molecular formula is C9H9NO4. The van der Waals surface area contributed by atoms with E-state index < -0.39 is 11.7 Å². The number of hydrogen-bond acceptors (Lipinski definition) is 3. The second-order valence-corrected chi connectivity index (χ2v) is 3.25. The van der Waals surface area contributed by atoms with Gasteiger partial charge in [-0.2, -0.15) is 0 Å². The van der Waals surface area contributed by atoms with Crippen molar-refractivity contribution in [2.45, 2.75) is 18.8 Å². The van der Waals surface area contributed by atoms with Crippen molar-refractivity contribution in [1.29, 1.82) is 0 Å². The van der Waals surface area contributed by atoms with E-state index in [-0.39, 0.29) is 5.75 Å². The number of carbonyl (C=O) groups is 1. The molecule has 0 aromatic carbocycles. The van der Waals surface area contributed by atoms with Gasteiger partial charge >= 0.3 is 6.16 Å². The second-order valence-electron chi connectivity index (χ2n) is 3.25. The molecule has 1 aromatic rings. The van der Waals surface area contributed by atoms with Gasteiger partial charge in [-0.25, -0.2) is 4.79 Å². The lowest BCUT2D eigenvalue weighted by Gasteiger charge is -2.00. The monoisotopic (exact) mass is 195 g/mol. The zero-order valence-corrected chi connectivity index (χ0v) is 7.32. The number of ether oxygens (including phenoxy) is 1. The lowest BCUT2D eigenvalue weighted by Crippen LogP contribution is -2.15. The summed E-state index contributed by atoms with van der Waals surface area (Å²) in [5, 5.41) is 8.31. The zero-order valence-electron chi connectivity index (χ0n) is 7.32. The highest BCUT2D eigenvalue weighted by molar-refractivity contribution is 5.60. The minimum atomic E-state index is -1.48. The van der Waals surface area contributed by atoms with Crippen LogP contribution in [0.1, 0.15) is 24.5 Å². The maximum atomic E-state index is 11.3. The molecule has 1 heterocycles. The van der Waals surface area contributed by atoms with Gasteiger partial charge < -0.3 is 14.8 Å². The molecule has 0 amide bonds. The number of H-pyrrole nitrogens is 1. The van der Waals surface area contributed by atoms with Crippen molar-refractivity contribution in [3.05, 3.63) is 28.2 Å². The van der Waals surface area contributed by atoms with Crippen molar-refractivity contribution in [1.82, 2.24) is 4.98 Å². The highest BCUT2D eigenvalue weighted by Crippen LogP contribution is 2.38. The van der Waals surface area contributed by atoms with Gasteiger partial charge in [0.05, 0.1) is 0 Å². The van der Waals surface area contributed by atoms with Crippen molar-refractivity contribution < 1.29 is 14.6 Å². The topological polar surface area (TPSA) is 79.4 Å². The van der Waals surface area contributed by atoms with E-state index in [0.29, 0.717) is 5.92 Å². The number of rotatable bonds is 2. The molecule has 0 aliphatic heterocycles. The molecule has 14 heavy (non-hydrogen) atoms. The predicted molar refractivity (Wildman–Crippen MR) is 47.7 cm³/mol. The van der Waals surface area contributed by atoms with Crippen molar-refractivity contribution in [3.8, 4) is 5.75 Å². The lowest BCUT2D eigenvalue weighted by atomic mass is 10.2. The van der Waals surface area contributed by atoms with Crippen LogP contribution >= 0.6 is 0 Å². The minimum absolute atomic E-state index is 0.179. The first kappa shape index (κ1) is 8.80. The standard InChI is InChI=1S/C9H9NO4/c11-8-7(14-9(12)13)4-3-6(10-8)5-1-2-5/h3-5H,1-2H2,(H,10,11)(H,12,13). The molecule has 1 saturated carbocycles. The van der Waals surface area contributed by atoms with Crippen LogP contribution in [0.2, 0.25) is 0 Å². The minimum Gasteiger partial charge on any atom is -0.449 e. The Labute approximate surface area is 79.3 Å². The average Bonchev–Trinajstić information content (AvgIpc) is 2.90. The van der Waals surface area contributed by atoms with Crippen LogP contribution in [0.4, 0.5) is 4.79 Å². The van der Waals surface area contributed by atoms with E-state index in [1.165, 1.54) is 6.07 Å². The van der Waals surface area contributed by atoms with Crippen molar-refractivity contribution in [2.75, 3.05) is 0 Å². The van der Waals surface area contributed by atoms with Gasteiger partial charge in [-0.05, 0) is 30.9 Å². The van der Waals surface area contributed by atoms with Gasteiger partial charge in [0.25, 0.3) is 5.56 Å². The third-order valence-corrected chi connectivity index (χ3v) is 2.11. The van der Waals surface area contributed by atoms with Crippen LogP contribution in [-0.4, -0.2) is 16.2 Å². The fourth-order valence-electron chi connectivity index (χ4n) is 1.28. The van der Waals surface area contributed by atoms with Gasteiger partial charge in [0.2, 0.25) is 0 Å². The van der Waals surface area contributed by atoms with Gasteiger partial charge in [0.15, 0.2) is 5.75 Å². The summed E-state index contributed by atoms with van der Waals surface area (Å²) in [6, 6.07) is 3.08. The van der Waals surface area contributed by atoms with E-state index in [4.69, 9.17) is 5.11 Å². The summed E-state index contributed by atoms with van der Waals surface area (Å²) in [5.74, 6) is 0.253. The van der Waals surface area contributed by atoms with Crippen LogP contribution in [0.15, 0.2) is 16.9 Å². The molecule has 1 fully saturated rings. The first-order valence-electron chi connectivity index (χ1n) is 4.31. The van der Waals surface area contributed by atoms with Crippen molar-refractivity contribution in [3.63, 3.8) is 0 Å². The molecule has 5 heteroatoms. The van der Waals surface area contributed by atoms with E-state index in [2.05, 4.69) is 9.72 Å². The molecule has 0 saturated heterocycles. The first-order chi connectivity index (χ1) is 6.66. The predicted octanol–water partition coefficient (Wildman–Crippen LogP) is 1.31. The van der Waals surface area contributed by atoms with E-state index >= 15 is 0 Å². The molecule has 0 unspecified atom stereocenters. The van der Waals surface area contributed by atoms with Gasteiger partial charge in [-0.3, -0.25) is 4.79 Å². The van der Waals surface area contributed by atoms with E-state index in [1.54, 1.807) is 6.07 Å². The fraction of sp³-hybridized carbons (Fsp3) is 0.333. The molecule has 0 bridgehead atoms. The second kappa shape index (κ2) is 3.17. The van der Waals surface area contributed by atoms with Crippen LogP contribution in [0.3, 0.4) is 0 Å². The lowest BCUT2D eigenvalue weighted by molar-refractivity contribution is 0.144.